The van der Waals surface area contributed by atoms with Gasteiger partial charge in [0.2, 0.25) is 5.91 Å². The van der Waals surface area contributed by atoms with Gasteiger partial charge in [0.15, 0.2) is 6.10 Å². The van der Waals surface area contributed by atoms with Crippen molar-refractivity contribution in [1.82, 2.24) is 4.57 Å². The van der Waals surface area contributed by atoms with Gasteiger partial charge in [-0.25, -0.2) is 4.79 Å². The van der Waals surface area contributed by atoms with Crippen LogP contribution in [0, 0.1) is 13.8 Å². The van der Waals surface area contributed by atoms with E-state index < -0.39 is 18.0 Å². The molecule has 0 bridgehead atoms. The number of carbonyl (C=O) groups excluding carboxylic acids is 3. The summed E-state index contributed by atoms with van der Waals surface area (Å²) in [4.78, 5) is 38.7. The first-order chi connectivity index (χ1) is 12.8. The van der Waals surface area contributed by atoms with Crippen LogP contribution in [0.15, 0.2) is 30.3 Å². The van der Waals surface area contributed by atoms with Crippen molar-refractivity contribution in [2.45, 2.75) is 40.3 Å². The normalized spacial score (nSPS) is 14.4. The largest absolute Gasteiger partial charge is 0.449 e. The number of aromatic nitrogens is 1. The van der Waals surface area contributed by atoms with Crippen LogP contribution in [-0.4, -0.2) is 35.0 Å². The van der Waals surface area contributed by atoms with Crippen LogP contribution in [0.25, 0.3) is 0 Å². The summed E-state index contributed by atoms with van der Waals surface area (Å²) in [5, 5.41) is 2.73. The summed E-state index contributed by atoms with van der Waals surface area (Å²) >= 11 is 0. The second kappa shape index (κ2) is 7.26. The van der Waals surface area contributed by atoms with Crippen molar-refractivity contribution in [3.63, 3.8) is 0 Å². The van der Waals surface area contributed by atoms with Crippen molar-refractivity contribution >= 4 is 29.2 Å². The lowest BCUT2D eigenvalue weighted by Crippen LogP contribution is -2.47. The van der Waals surface area contributed by atoms with Crippen LogP contribution in [0.3, 0.4) is 0 Å². The minimum Gasteiger partial charge on any atom is -0.449 e. The molecule has 0 radical (unpaired) electrons. The highest BCUT2D eigenvalue weighted by molar-refractivity contribution is 6.11. The minimum absolute atomic E-state index is 0.109. The van der Waals surface area contributed by atoms with Crippen molar-refractivity contribution in [1.29, 1.82) is 0 Å². The maximum Gasteiger partial charge on any atom is 0.340 e. The molecule has 1 aliphatic rings. The van der Waals surface area contributed by atoms with Gasteiger partial charge < -0.3 is 14.6 Å². The van der Waals surface area contributed by atoms with Crippen LogP contribution in [0.2, 0.25) is 0 Å². The average molecular weight is 369 g/mol. The molecule has 2 heterocycles. The summed E-state index contributed by atoms with van der Waals surface area (Å²) < 4.78 is 7.43. The number of esters is 1. The van der Waals surface area contributed by atoms with Gasteiger partial charge in [-0.15, -0.1) is 0 Å². The Kier molecular flexibility index (Phi) is 5.03. The highest BCUT2D eigenvalue weighted by Crippen LogP contribution is 2.29. The second-order valence-electron chi connectivity index (χ2n) is 6.57. The Balaban J connectivity index is 1.79. The van der Waals surface area contributed by atoms with Crippen molar-refractivity contribution in [3.05, 3.63) is 47.3 Å². The summed E-state index contributed by atoms with van der Waals surface area (Å²) in [6.07, 6.45) is -1.01. The van der Waals surface area contributed by atoms with E-state index in [1.807, 2.05) is 25.3 Å². The monoisotopic (exact) mass is 369 g/mol. The SMILES string of the molecule is CCn1c(C)cc(C(=O)O[C@H](C)C(=O)N2CC(=O)Nc3ccccc32)c1C. The molecule has 1 aliphatic heterocycles. The van der Waals surface area contributed by atoms with E-state index in [2.05, 4.69) is 5.32 Å². The molecule has 1 atom stereocenters. The number of anilines is 2. The number of fused-ring (bicyclic) bond motifs is 1. The number of ether oxygens (including phenoxy) is 1. The number of hydrogen-bond acceptors (Lipinski definition) is 4. The van der Waals surface area contributed by atoms with Crippen LogP contribution in [-0.2, 0) is 20.9 Å². The first kappa shape index (κ1) is 18.7. The van der Waals surface area contributed by atoms with Crippen LogP contribution >= 0.6 is 0 Å². The second-order valence-corrected chi connectivity index (χ2v) is 6.57. The number of carbonyl (C=O) groups is 3. The molecule has 0 saturated heterocycles. The minimum atomic E-state index is -1.01. The molecule has 0 saturated carbocycles. The Morgan fingerprint density at radius 1 is 1.26 bits per heavy atom. The summed E-state index contributed by atoms with van der Waals surface area (Å²) in [5.41, 5.74) is 3.37. The maximum absolute atomic E-state index is 12.8. The zero-order valence-corrected chi connectivity index (χ0v) is 15.9. The quantitative estimate of drug-likeness (QED) is 0.840. The number of benzene rings is 1. The van der Waals surface area contributed by atoms with Crippen LogP contribution in [0.5, 0.6) is 0 Å². The fraction of sp³-hybridized carbons (Fsp3) is 0.350. The van der Waals surface area contributed by atoms with E-state index >= 15 is 0 Å². The predicted molar refractivity (Wildman–Crippen MR) is 102 cm³/mol. The number of rotatable bonds is 4. The molecule has 7 nitrogen and oxygen atoms in total. The number of para-hydroxylation sites is 2. The molecule has 2 aromatic rings. The molecule has 2 amide bonds. The van der Waals surface area contributed by atoms with Gasteiger partial charge in [-0.05, 0) is 45.9 Å². The Labute approximate surface area is 157 Å². The molecule has 7 heteroatoms. The van der Waals surface area contributed by atoms with Gasteiger partial charge in [-0.2, -0.15) is 0 Å². The van der Waals surface area contributed by atoms with E-state index in [0.29, 0.717) is 16.9 Å². The lowest BCUT2D eigenvalue weighted by Gasteiger charge is -2.30. The fourth-order valence-electron chi connectivity index (χ4n) is 3.42. The summed E-state index contributed by atoms with van der Waals surface area (Å²) in [6, 6.07) is 8.80. The molecule has 0 unspecified atom stereocenters. The average Bonchev–Trinajstić information content (AvgIpc) is 2.93. The zero-order valence-electron chi connectivity index (χ0n) is 15.9. The van der Waals surface area contributed by atoms with Crippen LogP contribution in [0.4, 0.5) is 11.4 Å². The topological polar surface area (TPSA) is 80.6 Å². The fourth-order valence-corrected chi connectivity index (χ4v) is 3.42. The van der Waals surface area contributed by atoms with E-state index in [-0.39, 0.29) is 12.5 Å². The Hall–Kier alpha value is -3.09. The van der Waals surface area contributed by atoms with Crippen LogP contribution in [0.1, 0.15) is 35.6 Å². The predicted octanol–water partition coefficient (Wildman–Crippen LogP) is 2.66. The van der Waals surface area contributed by atoms with Crippen molar-refractivity contribution in [2.24, 2.45) is 0 Å². The molecule has 0 fully saturated rings. The number of aryl methyl sites for hydroxylation is 1. The lowest BCUT2D eigenvalue weighted by molar-refractivity contribution is -0.128. The highest BCUT2D eigenvalue weighted by Gasteiger charge is 2.32. The molecule has 27 heavy (non-hydrogen) atoms. The molecule has 1 N–H and O–H groups in total. The van der Waals surface area contributed by atoms with Crippen molar-refractivity contribution in [2.75, 3.05) is 16.8 Å². The number of hydrogen-bond donors (Lipinski definition) is 1. The zero-order chi connectivity index (χ0) is 19.7. The molecule has 0 aliphatic carbocycles. The third-order valence-corrected chi connectivity index (χ3v) is 4.78. The molecule has 1 aromatic heterocycles. The highest BCUT2D eigenvalue weighted by atomic mass is 16.5. The first-order valence-corrected chi connectivity index (χ1v) is 8.91. The third-order valence-electron chi connectivity index (χ3n) is 4.78. The van der Waals surface area contributed by atoms with E-state index in [9.17, 15) is 14.4 Å². The van der Waals surface area contributed by atoms with E-state index in [4.69, 9.17) is 4.74 Å². The van der Waals surface area contributed by atoms with E-state index in [0.717, 1.165) is 17.9 Å². The Morgan fingerprint density at radius 3 is 2.63 bits per heavy atom. The van der Waals surface area contributed by atoms with Gasteiger partial charge in [0, 0.05) is 17.9 Å². The molecular formula is C20H23N3O4. The lowest BCUT2D eigenvalue weighted by atomic mass is 10.1. The third kappa shape index (κ3) is 3.45. The molecular weight excluding hydrogens is 346 g/mol. The Morgan fingerprint density at radius 2 is 1.96 bits per heavy atom. The molecule has 0 spiro atoms. The van der Waals surface area contributed by atoms with Gasteiger partial charge in [0.25, 0.3) is 5.91 Å². The summed E-state index contributed by atoms with van der Waals surface area (Å²) in [7, 11) is 0. The number of amides is 2. The number of nitrogens with one attached hydrogen (secondary N) is 1. The van der Waals surface area contributed by atoms with Crippen molar-refractivity contribution < 1.29 is 19.1 Å². The first-order valence-electron chi connectivity index (χ1n) is 8.91. The van der Waals surface area contributed by atoms with Gasteiger partial charge >= 0.3 is 5.97 Å². The van der Waals surface area contributed by atoms with Gasteiger partial charge in [-0.3, -0.25) is 14.5 Å². The van der Waals surface area contributed by atoms with E-state index in [1.54, 1.807) is 30.3 Å². The van der Waals surface area contributed by atoms with Gasteiger partial charge in [0.1, 0.15) is 6.54 Å². The molecule has 142 valence electrons. The van der Waals surface area contributed by atoms with Gasteiger partial charge in [-0.1, -0.05) is 12.1 Å². The smallest absolute Gasteiger partial charge is 0.340 e. The number of nitrogens with zero attached hydrogens (tertiary/aromatic N) is 2. The summed E-state index contributed by atoms with van der Waals surface area (Å²) in [6.45, 7) is 7.94. The van der Waals surface area contributed by atoms with Crippen molar-refractivity contribution in [3.8, 4) is 0 Å². The molecule has 3 rings (SSSR count). The Bertz CT molecular complexity index is 916. The standard InChI is InChI=1S/C20H23N3O4/c1-5-22-12(2)10-15(13(22)3)20(26)27-14(4)19(25)23-11-18(24)21-16-8-6-7-9-17(16)23/h6-10,14H,5,11H2,1-4H3,(H,21,24)/t14-/m1/s1. The molecule has 1 aromatic carbocycles. The maximum atomic E-state index is 12.8. The summed E-state index contributed by atoms with van der Waals surface area (Å²) in [5.74, 6) is -1.26. The van der Waals surface area contributed by atoms with Crippen LogP contribution < -0.4 is 10.2 Å². The van der Waals surface area contributed by atoms with E-state index in [1.165, 1.54) is 11.8 Å². The van der Waals surface area contributed by atoms with Gasteiger partial charge in [0.05, 0.1) is 16.9 Å².